The monoisotopic (exact) mass is 394 g/mol. The first-order valence-corrected chi connectivity index (χ1v) is 9.46. The Labute approximate surface area is 167 Å². The normalized spacial score (nSPS) is 23.2. The first kappa shape index (κ1) is 24.1. The van der Waals surface area contributed by atoms with Crippen molar-refractivity contribution < 1.29 is 24.2 Å². The summed E-state index contributed by atoms with van der Waals surface area (Å²) in [5.74, 6) is -1.64. The number of hydrogen-bond donors (Lipinski definition) is 3. The molecule has 1 aliphatic heterocycles. The van der Waals surface area contributed by atoms with Gasteiger partial charge in [-0.1, -0.05) is 45.2 Å². The molecular weight excluding hydrogens is 360 g/mol. The van der Waals surface area contributed by atoms with E-state index in [1.54, 1.807) is 39.0 Å². The first-order valence-electron chi connectivity index (χ1n) is 9.46. The van der Waals surface area contributed by atoms with E-state index in [1.807, 2.05) is 13.8 Å². The maximum Gasteiger partial charge on any atom is 0.249 e. The number of aliphatic hydroxyl groups is 1. The fourth-order valence-corrected chi connectivity index (χ4v) is 2.80. The largest absolute Gasteiger partial charge is 0.383 e. The molecule has 3 atom stereocenters. The van der Waals surface area contributed by atoms with Crippen molar-refractivity contribution in [2.24, 2.45) is 5.41 Å². The number of ether oxygens (including phenoxy) is 2. The van der Waals surface area contributed by atoms with Crippen LogP contribution in [0.15, 0.2) is 37.0 Å². The molecule has 1 saturated heterocycles. The van der Waals surface area contributed by atoms with Crippen LogP contribution in [0, 0.1) is 5.41 Å². The van der Waals surface area contributed by atoms with Gasteiger partial charge in [-0.15, -0.1) is 0 Å². The number of allylic oxidation sites excluding steroid dienone is 2. The molecule has 158 valence electrons. The lowest BCUT2D eigenvalue weighted by atomic mass is 9.85. The highest BCUT2D eigenvalue weighted by molar-refractivity contribution is 5.82. The van der Waals surface area contributed by atoms with Crippen LogP contribution in [0.3, 0.4) is 0 Å². The summed E-state index contributed by atoms with van der Waals surface area (Å²) in [6.07, 6.45) is 3.13. The fraction of sp³-hybridized carbons (Fsp3) is 0.619. The van der Waals surface area contributed by atoms with Crippen LogP contribution in [0.1, 0.15) is 41.0 Å². The van der Waals surface area contributed by atoms with Gasteiger partial charge in [-0.05, 0) is 32.8 Å². The molecule has 1 rings (SSSR count). The van der Waals surface area contributed by atoms with Gasteiger partial charge in [-0.3, -0.25) is 9.59 Å². The van der Waals surface area contributed by atoms with Crippen molar-refractivity contribution in [2.45, 2.75) is 65.1 Å². The summed E-state index contributed by atoms with van der Waals surface area (Å²) in [6, 6.07) is -0.314. The summed E-state index contributed by atoms with van der Waals surface area (Å²) in [6.45, 7) is 16.9. The third-order valence-corrected chi connectivity index (χ3v) is 4.57. The second-order valence-electron chi connectivity index (χ2n) is 8.11. The number of amides is 2. The van der Waals surface area contributed by atoms with Gasteiger partial charge in [0.05, 0.1) is 12.6 Å². The fourth-order valence-electron chi connectivity index (χ4n) is 2.80. The van der Waals surface area contributed by atoms with Crippen LogP contribution in [-0.2, 0) is 19.1 Å². The van der Waals surface area contributed by atoms with E-state index in [9.17, 15) is 14.7 Å². The second-order valence-corrected chi connectivity index (χ2v) is 8.11. The van der Waals surface area contributed by atoms with E-state index in [2.05, 4.69) is 23.8 Å². The van der Waals surface area contributed by atoms with Crippen molar-refractivity contribution >= 4 is 11.8 Å². The van der Waals surface area contributed by atoms with E-state index in [-0.39, 0.29) is 24.9 Å². The predicted octanol–water partition coefficient (Wildman–Crippen LogP) is 1.83. The number of carbonyl (C=O) groups excluding carboxylic acids is 2. The topological polar surface area (TPSA) is 96.9 Å². The molecule has 0 aromatic carbocycles. The number of rotatable bonds is 9. The summed E-state index contributed by atoms with van der Waals surface area (Å²) < 4.78 is 11.4. The molecule has 1 fully saturated rings. The van der Waals surface area contributed by atoms with Gasteiger partial charge >= 0.3 is 0 Å². The van der Waals surface area contributed by atoms with E-state index >= 15 is 0 Å². The first-order chi connectivity index (χ1) is 12.9. The second kappa shape index (κ2) is 10.0. The van der Waals surface area contributed by atoms with Crippen LogP contribution < -0.4 is 10.6 Å². The summed E-state index contributed by atoms with van der Waals surface area (Å²) in [4.78, 5) is 24.7. The third kappa shape index (κ3) is 6.89. The van der Waals surface area contributed by atoms with Crippen molar-refractivity contribution in [3.05, 3.63) is 37.0 Å². The molecule has 0 aromatic heterocycles. The van der Waals surface area contributed by atoms with Crippen LogP contribution in [0.2, 0.25) is 0 Å². The highest BCUT2D eigenvalue weighted by Crippen LogP contribution is 2.34. The molecule has 2 amide bonds. The SMILES string of the molecule is C=CC=C(C=C)C(C)NC(=O)C(O)CCNC(=O)C1OC(C)(C)OCC1(C)C. The Hall–Kier alpha value is -1.96. The maximum absolute atomic E-state index is 12.5. The Bertz CT molecular complexity index is 624. The van der Waals surface area contributed by atoms with Crippen molar-refractivity contribution in [3.63, 3.8) is 0 Å². The molecule has 1 aliphatic rings. The minimum Gasteiger partial charge on any atom is -0.383 e. The van der Waals surface area contributed by atoms with Gasteiger partial charge < -0.3 is 25.2 Å². The average Bonchev–Trinajstić information content (AvgIpc) is 2.61. The lowest BCUT2D eigenvalue weighted by Gasteiger charge is -2.44. The van der Waals surface area contributed by atoms with Gasteiger partial charge in [-0.2, -0.15) is 0 Å². The van der Waals surface area contributed by atoms with Gasteiger partial charge in [0, 0.05) is 12.0 Å². The maximum atomic E-state index is 12.5. The van der Waals surface area contributed by atoms with Crippen molar-refractivity contribution in [3.8, 4) is 0 Å². The summed E-state index contributed by atoms with van der Waals surface area (Å²) in [7, 11) is 0. The molecule has 1 heterocycles. The van der Waals surface area contributed by atoms with E-state index in [0.717, 1.165) is 5.57 Å². The van der Waals surface area contributed by atoms with E-state index in [0.29, 0.717) is 6.61 Å². The van der Waals surface area contributed by atoms with E-state index in [1.165, 1.54) is 0 Å². The molecule has 0 aromatic rings. The summed E-state index contributed by atoms with van der Waals surface area (Å²) >= 11 is 0. The van der Waals surface area contributed by atoms with Gasteiger partial charge in [0.2, 0.25) is 11.8 Å². The number of carbonyl (C=O) groups is 2. The number of aliphatic hydroxyl groups excluding tert-OH is 1. The Balaban J connectivity index is 2.52. The molecule has 3 N–H and O–H groups in total. The summed E-state index contributed by atoms with van der Waals surface area (Å²) in [5, 5.41) is 15.5. The molecular formula is C21H34N2O5. The Morgan fingerprint density at radius 3 is 2.50 bits per heavy atom. The lowest BCUT2D eigenvalue weighted by Crippen LogP contribution is -2.56. The molecule has 7 nitrogen and oxygen atoms in total. The highest BCUT2D eigenvalue weighted by Gasteiger charge is 2.45. The summed E-state index contributed by atoms with van der Waals surface area (Å²) in [5.41, 5.74) is 0.300. The van der Waals surface area contributed by atoms with Crippen LogP contribution >= 0.6 is 0 Å². The molecule has 28 heavy (non-hydrogen) atoms. The highest BCUT2D eigenvalue weighted by atomic mass is 16.7. The van der Waals surface area contributed by atoms with Gasteiger partial charge in [0.15, 0.2) is 5.79 Å². The molecule has 0 aliphatic carbocycles. The molecule has 0 bridgehead atoms. The van der Waals surface area contributed by atoms with Gasteiger partial charge in [0.25, 0.3) is 0 Å². The standard InChI is InChI=1S/C21H34N2O5/c1-8-10-15(9-2)14(3)23-18(25)16(24)11-12-22-19(26)17-20(4,5)13-27-21(6,7)28-17/h8-10,14,16-17,24H,1-2,11-13H2,3-7H3,(H,22,26)(H,23,25). The number of nitrogens with one attached hydrogen (secondary N) is 2. The Kier molecular flexibility index (Phi) is 8.60. The lowest BCUT2D eigenvalue weighted by molar-refractivity contribution is -0.304. The van der Waals surface area contributed by atoms with Crippen LogP contribution in [-0.4, -0.2) is 54.1 Å². The zero-order valence-corrected chi connectivity index (χ0v) is 17.6. The number of hydrogen-bond acceptors (Lipinski definition) is 5. The molecule has 3 unspecified atom stereocenters. The smallest absolute Gasteiger partial charge is 0.249 e. The van der Waals surface area contributed by atoms with Crippen LogP contribution in [0.4, 0.5) is 0 Å². The zero-order valence-electron chi connectivity index (χ0n) is 17.6. The van der Waals surface area contributed by atoms with Crippen LogP contribution in [0.25, 0.3) is 0 Å². The van der Waals surface area contributed by atoms with Gasteiger partial charge in [0.1, 0.15) is 12.2 Å². The third-order valence-electron chi connectivity index (χ3n) is 4.57. The Morgan fingerprint density at radius 2 is 1.93 bits per heavy atom. The van der Waals surface area contributed by atoms with Crippen LogP contribution in [0.5, 0.6) is 0 Å². The molecule has 7 heteroatoms. The zero-order chi connectivity index (χ0) is 21.5. The molecule has 0 spiro atoms. The molecule has 0 radical (unpaired) electrons. The van der Waals surface area contributed by atoms with Crippen molar-refractivity contribution in [1.82, 2.24) is 10.6 Å². The quantitative estimate of drug-likeness (QED) is 0.519. The average molecular weight is 395 g/mol. The predicted molar refractivity (Wildman–Crippen MR) is 108 cm³/mol. The van der Waals surface area contributed by atoms with E-state index in [4.69, 9.17) is 9.47 Å². The van der Waals surface area contributed by atoms with Gasteiger partial charge in [-0.25, -0.2) is 0 Å². The van der Waals surface area contributed by atoms with E-state index < -0.39 is 29.3 Å². The Morgan fingerprint density at radius 1 is 1.29 bits per heavy atom. The van der Waals surface area contributed by atoms with Crippen molar-refractivity contribution in [1.29, 1.82) is 0 Å². The minimum atomic E-state index is -1.24. The van der Waals surface area contributed by atoms with Crippen molar-refractivity contribution in [2.75, 3.05) is 13.2 Å². The minimum absolute atomic E-state index is 0.0892. The molecule has 0 saturated carbocycles.